The van der Waals surface area contributed by atoms with Crippen molar-refractivity contribution in [3.05, 3.63) is 24.3 Å². The third-order valence-electron chi connectivity index (χ3n) is 1.46. The van der Waals surface area contributed by atoms with Crippen LogP contribution in [0.1, 0.15) is 6.42 Å². The second-order valence-electron chi connectivity index (χ2n) is 2.20. The minimum atomic E-state index is 0.0533. The predicted molar refractivity (Wildman–Crippen MR) is 45.2 cm³/mol. The Morgan fingerprint density at radius 2 is 2.00 bits per heavy atom. The van der Waals surface area contributed by atoms with Gasteiger partial charge in [-0.3, -0.25) is 4.79 Å². The minimum Gasteiger partial charge on any atom is -0.299 e. The molecule has 0 aromatic carbocycles. The molecule has 0 saturated carbocycles. The molecule has 0 saturated heterocycles. The first kappa shape index (κ1) is 7.73. The summed E-state index contributed by atoms with van der Waals surface area (Å²) >= 11 is 3.23. The van der Waals surface area contributed by atoms with E-state index >= 15 is 0 Å². The number of hydrogen-bond donors (Lipinski definition) is 0. The SMILES string of the molecule is O=C(CCBr)C1C=CC=C1. The van der Waals surface area contributed by atoms with Gasteiger partial charge in [-0.15, -0.1) is 0 Å². The molecule has 0 aliphatic heterocycles. The van der Waals surface area contributed by atoms with Gasteiger partial charge in [-0.2, -0.15) is 0 Å². The number of hydrogen-bond acceptors (Lipinski definition) is 1. The molecular weight excluding hydrogens is 192 g/mol. The molecule has 0 N–H and O–H groups in total. The Bertz CT molecular complexity index is 170. The van der Waals surface area contributed by atoms with E-state index in [1.165, 1.54) is 0 Å². The van der Waals surface area contributed by atoms with Crippen LogP contribution in [0.2, 0.25) is 0 Å². The van der Waals surface area contributed by atoms with Crippen molar-refractivity contribution in [2.75, 3.05) is 5.33 Å². The van der Waals surface area contributed by atoms with E-state index in [4.69, 9.17) is 0 Å². The van der Waals surface area contributed by atoms with Gasteiger partial charge < -0.3 is 0 Å². The van der Waals surface area contributed by atoms with Crippen LogP contribution in [-0.4, -0.2) is 11.1 Å². The Labute approximate surface area is 68.9 Å². The number of rotatable bonds is 3. The third-order valence-corrected chi connectivity index (χ3v) is 1.86. The second kappa shape index (κ2) is 3.71. The number of Topliss-reactive ketones (excluding diaryl/α,β-unsaturated/α-hetero) is 1. The van der Waals surface area contributed by atoms with Gasteiger partial charge in [0, 0.05) is 11.8 Å². The Morgan fingerprint density at radius 3 is 2.50 bits per heavy atom. The average molecular weight is 201 g/mol. The van der Waals surface area contributed by atoms with E-state index in [9.17, 15) is 4.79 Å². The molecule has 1 rings (SSSR count). The van der Waals surface area contributed by atoms with Crippen LogP contribution in [0.15, 0.2) is 24.3 Å². The molecule has 0 amide bonds. The Hall–Kier alpha value is -0.370. The molecule has 0 atom stereocenters. The molecule has 1 aliphatic rings. The molecule has 0 radical (unpaired) electrons. The quantitative estimate of drug-likeness (QED) is 0.639. The number of allylic oxidation sites excluding steroid dienone is 4. The van der Waals surface area contributed by atoms with Crippen LogP contribution in [0.4, 0.5) is 0 Å². The molecule has 0 spiro atoms. The van der Waals surface area contributed by atoms with E-state index in [0.717, 1.165) is 5.33 Å². The van der Waals surface area contributed by atoms with Crippen LogP contribution >= 0.6 is 15.9 Å². The van der Waals surface area contributed by atoms with Gasteiger partial charge in [0.05, 0.1) is 5.92 Å². The first-order chi connectivity index (χ1) is 4.84. The number of alkyl halides is 1. The molecule has 10 heavy (non-hydrogen) atoms. The van der Waals surface area contributed by atoms with Gasteiger partial charge in [-0.05, 0) is 0 Å². The summed E-state index contributed by atoms with van der Waals surface area (Å²) in [6.45, 7) is 0. The largest absolute Gasteiger partial charge is 0.299 e. The van der Waals surface area contributed by atoms with Crippen molar-refractivity contribution in [1.82, 2.24) is 0 Å². The second-order valence-corrected chi connectivity index (χ2v) is 2.99. The highest BCUT2D eigenvalue weighted by atomic mass is 79.9. The maximum absolute atomic E-state index is 11.1. The summed E-state index contributed by atoms with van der Waals surface area (Å²) in [5.74, 6) is 0.347. The van der Waals surface area contributed by atoms with Gasteiger partial charge in [0.2, 0.25) is 0 Å². The van der Waals surface area contributed by atoms with Crippen molar-refractivity contribution < 1.29 is 4.79 Å². The van der Waals surface area contributed by atoms with Gasteiger partial charge in [0.25, 0.3) is 0 Å². The summed E-state index contributed by atoms with van der Waals surface area (Å²) < 4.78 is 0. The topological polar surface area (TPSA) is 17.1 Å². The lowest BCUT2D eigenvalue weighted by atomic mass is 10.1. The Morgan fingerprint density at radius 1 is 1.40 bits per heavy atom. The molecule has 54 valence electrons. The van der Waals surface area contributed by atoms with E-state index in [-0.39, 0.29) is 5.92 Å². The maximum atomic E-state index is 11.1. The Balaban J connectivity index is 2.42. The van der Waals surface area contributed by atoms with Crippen molar-refractivity contribution in [3.63, 3.8) is 0 Å². The number of carbonyl (C=O) groups is 1. The zero-order valence-electron chi connectivity index (χ0n) is 5.59. The predicted octanol–water partition coefficient (Wildman–Crippen LogP) is 2.08. The molecule has 0 aromatic rings. The zero-order chi connectivity index (χ0) is 7.40. The Kier molecular flexibility index (Phi) is 2.87. The zero-order valence-corrected chi connectivity index (χ0v) is 7.17. The summed E-state index contributed by atoms with van der Waals surface area (Å²) in [5.41, 5.74) is 0. The van der Waals surface area contributed by atoms with Crippen molar-refractivity contribution in [1.29, 1.82) is 0 Å². The van der Waals surface area contributed by atoms with Crippen LogP contribution in [0.25, 0.3) is 0 Å². The van der Waals surface area contributed by atoms with Crippen molar-refractivity contribution in [2.45, 2.75) is 6.42 Å². The molecular formula is C8H9BrO. The van der Waals surface area contributed by atoms with Crippen LogP contribution in [0, 0.1) is 5.92 Å². The van der Waals surface area contributed by atoms with Crippen LogP contribution in [-0.2, 0) is 4.79 Å². The lowest BCUT2D eigenvalue weighted by Gasteiger charge is -1.99. The van der Waals surface area contributed by atoms with Gasteiger partial charge in [-0.25, -0.2) is 0 Å². The molecule has 0 fully saturated rings. The van der Waals surface area contributed by atoms with Crippen molar-refractivity contribution >= 4 is 21.7 Å². The molecule has 1 aliphatic carbocycles. The van der Waals surface area contributed by atoms with E-state index < -0.39 is 0 Å². The highest BCUT2D eigenvalue weighted by molar-refractivity contribution is 9.09. The smallest absolute Gasteiger partial charge is 0.144 e. The summed E-state index contributed by atoms with van der Waals surface area (Å²) in [5, 5.41) is 0.768. The fourth-order valence-corrected chi connectivity index (χ4v) is 1.30. The summed E-state index contributed by atoms with van der Waals surface area (Å²) in [6.07, 6.45) is 8.29. The van der Waals surface area contributed by atoms with E-state index in [2.05, 4.69) is 15.9 Å². The third kappa shape index (κ3) is 1.81. The van der Waals surface area contributed by atoms with Crippen molar-refractivity contribution in [2.24, 2.45) is 5.92 Å². The van der Waals surface area contributed by atoms with Crippen molar-refractivity contribution in [3.8, 4) is 0 Å². The molecule has 0 bridgehead atoms. The van der Waals surface area contributed by atoms with E-state index in [0.29, 0.717) is 12.2 Å². The highest BCUT2D eigenvalue weighted by Crippen LogP contribution is 2.12. The molecule has 0 heterocycles. The van der Waals surface area contributed by atoms with Gasteiger partial charge in [0.15, 0.2) is 0 Å². The lowest BCUT2D eigenvalue weighted by Crippen LogP contribution is -2.07. The molecule has 2 heteroatoms. The normalized spacial score (nSPS) is 16.5. The molecule has 0 unspecified atom stereocenters. The van der Waals surface area contributed by atoms with E-state index in [1.807, 2.05) is 24.3 Å². The van der Waals surface area contributed by atoms with Crippen LogP contribution in [0.5, 0.6) is 0 Å². The summed E-state index contributed by atoms with van der Waals surface area (Å²) in [4.78, 5) is 11.1. The van der Waals surface area contributed by atoms with Gasteiger partial charge >= 0.3 is 0 Å². The fourth-order valence-electron chi connectivity index (χ4n) is 0.906. The summed E-state index contributed by atoms with van der Waals surface area (Å²) in [7, 11) is 0. The van der Waals surface area contributed by atoms with Gasteiger partial charge in [-0.1, -0.05) is 40.2 Å². The minimum absolute atomic E-state index is 0.0533. The standard InChI is InChI=1S/C8H9BrO/c9-6-5-8(10)7-3-1-2-4-7/h1-4,7H,5-6H2. The van der Waals surface area contributed by atoms with Gasteiger partial charge in [0.1, 0.15) is 5.78 Å². The molecule has 1 nitrogen and oxygen atoms in total. The number of carbonyl (C=O) groups excluding carboxylic acids is 1. The monoisotopic (exact) mass is 200 g/mol. The van der Waals surface area contributed by atoms with Crippen LogP contribution < -0.4 is 0 Å². The highest BCUT2D eigenvalue weighted by Gasteiger charge is 2.12. The summed E-state index contributed by atoms with van der Waals surface area (Å²) in [6, 6.07) is 0. The maximum Gasteiger partial charge on any atom is 0.144 e. The molecule has 0 aromatic heterocycles. The first-order valence-electron chi connectivity index (χ1n) is 3.28. The lowest BCUT2D eigenvalue weighted by molar-refractivity contribution is -0.119. The average Bonchev–Trinajstić information content (AvgIpc) is 2.38. The first-order valence-corrected chi connectivity index (χ1v) is 4.40. The fraction of sp³-hybridized carbons (Fsp3) is 0.375. The number of halogens is 1. The number of ketones is 1. The van der Waals surface area contributed by atoms with E-state index in [1.54, 1.807) is 0 Å². The van der Waals surface area contributed by atoms with Crippen LogP contribution in [0.3, 0.4) is 0 Å².